The number of aliphatic imine (C=N–C) groups is 1. The van der Waals surface area contributed by atoms with Crippen LogP contribution in [0.15, 0.2) is 16.8 Å². The maximum atomic E-state index is 10.5. The average molecular weight is 228 g/mol. The lowest BCUT2D eigenvalue weighted by atomic mass is 10.1. The zero-order chi connectivity index (χ0) is 11.1. The van der Waals surface area contributed by atoms with E-state index < -0.39 is 0 Å². The fourth-order valence-corrected chi connectivity index (χ4v) is 1.88. The SMILES string of the molecule is CC(=O)OCCCCC1=CN=C(N)SC1. The Labute approximate surface area is 94.0 Å². The lowest BCUT2D eigenvalue weighted by molar-refractivity contribution is -0.141. The summed E-state index contributed by atoms with van der Waals surface area (Å²) in [6.45, 7) is 1.94. The Bertz CT molecular complexity index is 287. The Morgan fingerprint density at radius 3 is 3.07 bits per heavy atom. The standard InChI is InChI=1S/C10H16N2O2S/c1-8(13)14-5-3-2-4-9-6-12-10(11)15-7-9/h6H,2-5,7H2,1H3,(H2,11,12). The number of hydrogen-bond donors (Lipinski definition) is 1. The summed E-state index contributed by atoms with van der Waals surface area (Å²) in [5.41, 5.74) is 6.82. The van der Waals surface area contributed by atoms with Crippen LogP contribution in [0.2, 0.25) is 0 Å². The fraction of sp³-hybridized carbons (Fsp3) is 0.600. The van der Waals surface area contributed by atoms with Gasteiger partial charge in [0.15, 0.2) is 5.17 Å². The molecule has 0 aromatic rings. The van der Waals surface area contributed by atoms with Crippen LogP contribution in [0.5, 0.6) is 0 Å². The third kappa shape index (κ3) is 5.47. The van der Waals surface area contributed by atoms with E-state index in [0.717, 1.165) is 25.0 Å². The summed E-state index contributed by atoms with van der Waals surface area (Å²) in [6, 6.07) is 0. The molecule has 0 aromatic heterocycles. The second-order valence-corrected chi connectivity index (χ2v) is 4.34. The molecule has 84 valence electrons. The first-order chi connectivity index (χ1) is 7.18. The number of carbonyl (C=O) groups excluding carboxylic acids is 1. The molecule has 0 bridgehead atoms. The Kier molecular flexibility index (Phi) is 5.25. The van der Waals surface area contributed by atoms with Crippen LogP contribution in [0.3, 0.4) is 0 Å². The third-order valence-corrected chi connectivity index (χ3v) is 2.89. The van der Waals surface area contributed by atoms with Crippen molar-refractivity contribution in [3.05, 3.63) is 11.8 Å². The predicted molar refractivity (Wildman–Crippen MR) is 62.6 cm³/mol. The molecule has 0 amide bonds. The van der Waals surface area contributed by atoms with Crippen LogP contribution in [0.4, 0.5) is 0 Å². The molecule has 5 heteroatoms. The van der Waals surface area contributed by atoms with Gasteiger partial charge in [-0.05, 0) is 24.8 Å². The number of carbonyl (C=O) groups is 1. The van der Waals surface area contributed by atoms with Crippen molar-refractivity contribution in [1.29, 1.82) is 0 Å². The fourth-order valence-electron chi connectivity index (χ4n) is 1.20. The minimum absolute atomic E-state index is 0.209. The number of ether oxygens (including phenoxy) is 1. The summed E-state index contributed by atoms with van der Waals surface area (Å²) in [5.74, 6) is 0.725. The number of esters is 1. The van der Waals surface area contributed by atoms with Gasteiger partial charge in [0.2, 0.25) is 0 Å². The van der Waals surface area contributed by atoms with Crippen molar-refractivity contribution in [2.45, 2.75) is 26.2 Å². The van der Waals surface area contributed by atoms with Gasteiger partial charge in [-0.3, -0.25) is 4.79 Å². The van der Waals surface area contributed by atoms with Crippen molar-refractivity contribution in [2.75, 3.05) is 12.4 Å². The first-order valence-electron chi connectivity index (χ1n) is 4.96. The number of hydrogen-bond acceptors (Lipinski definition) is 5. The molecule has 1 rings (SSSR count). The van der Waals surface area contributed by atoms with Gasteiger partial charge in [0, 0.05) is 18.9 Å². The highest BCUT2D eigenvalue weighted by atomic mass is 32.2. The molecule has 0 unspecified atom stereocenters. The number of unbranched alkanes of at least 4 members (excludes halogenated alkanes) is 1. The van der Waals surface area contributed by atoms with E-state index >= 15 is 0 Å². The third-order valence-electron chi connectivity index (χ3n) is 1.98. The Balaban J connectivity index is 2.08. The van der Waals surface area contributed by atoms with Crippen LogP contribution in [0.1, 0.15) is 26.2 Å². The van der Waals surface area contributed by atoms with E-state index in [1.807, 2.05) is 6.20 Å². The first kappa shape index (κ1) is 12.1. The van der Waals surface area contributed by atoms with E-state index in [2.05, 4.69) is 4.99 Å². The molecule has 0 radical (unpaired) electrons. The molecule has 15 heavy (non-hydrogen) atoms. The van der Waals surface area contributed by atoms with Gasteiger partial charge < -0.3 is 10.5 Å². The molecule has 0 saturated heterocycles. The van der Waals surface area contributed by atoms with Gasteiger partial charge in [-0.2, -0.15) is 0 Å². The van der Waals surface area contributed by atoms with Gasteiger partial charge in [0.05, 0.1) is 6.61 Å². The zero-order valence-corrected chi connectivity index (χ0v) is 9.68. The molecule has 1 heterocycles. The maximum Gasteiger partial charge on any atom is 0.302 e. The number of amidine groups is 1. The first-order valence-corrected chi connectivity index (χ1v) is 5.94. The van der Waals surface area contributed by atoms with Crippen LogP contribution in [-0.2, 0) is 9.53 Å². The van der Waals surface area contributed by atoms with Crippen LogP contribution >= 0.6 is 11.8 Å². The smallest absolute Gasteiger partial charge is 0.302 e. The molecular weight excluding hydrogens is 212 g/mol. The molecule has 4 nitrogen and oxygen atoms in total. The van der Waals surface area contributed by atoms with Crippen molar-refractivity contribution in [3.8, 4) is 0 Å². The highest BCUT2D eigenvalue weighted by Gasteiger charge is 2.05. The summed E-state index contributed by atoms with van der Waals surface area (Å²) >= 11 is 1.57. The van der Waals surface area contributed by atoms with E-state index in [1.54, 1.807) is 11.8 Å². The van der Waals surface area contributed by atoms with Crippen LogP contribution in [0, 0.1) is 0 Å². The van der Waals surface area contributed by atoms with Crippen molar-refractivity contribution in [3.63, 3.8) is 0 Å². The van der Waals surface area contributed by atoms with Gasteiger partial charge in [-0.1, -0.05) is 11.8 Å². The molecule has 0 aliphatic carbocycles. The van der Waals surface area contributed by atoms with Crippen molar-refractivity contribution >= 4 is 22.9 Å². The predicted octanol–water partition coefficient (Wildman–Crippen LogP) is 1.67. The van der Waals surface area contributed by atoms with Crippen LogP contribution in [-0.4, -0.2) is 23.5 Å². The molecule has 0 aromatic carbocycles. The Morgan fingerprint density at radius 2 is 2.47 bits per heavy atom. The highest BCUT2D eigenvalue weighted by Crippen LogP contribution is 2.18. The Morgan fingerprint density at radius 1 is 1.67 bits per heavy atom. The summed E-state index contributed by atoms with van der Waals surface area (Å²) < 4.78 is 4.84. The number of nitrogens with two attached hydrogens (primary N) is 1. The van der Waals surface area contributed by atoms with Gasteiger partial charge in [0.25, 0.3) is 0 Å². The highest BCUT2D eigenvalue weighted by molar-refractivity contribution is 8.14. The molecule has 1 aliphatic rings. The minimum atomic E-state index is -0.209. The van der Waals surface area contributed by atoms with E-state index in [4.69, 9.17) is 10.5 Å². The molecule has 0 fully saturated rings. The van der Waals surface area contributed by atoms with Gasteiger partial charge in [-0.15, -0.1) is 0 Å². The molecule has 0 spiro atoms. The minimum Gasteiger partial charge on any atom is -0.466 e. The van der Waals surface area contributed by atoms with Crippen molar-refractivity contribution < 1.29 is 9.53 Å². The average Bonchev–Trinajstić information content (AvgIpc) is 2.20. The number of thioether (sulfide) groups is 1. The van der Waals surface area contributed by atoms with Crippen molar-refractivity contribution in [1.82, 2.24) is 0 Å². The molecular formula is C10H16N2O2S. The van der Waals surface area contributed by atoms with Crippen LogP contribution < -0.4 is 5.73 Å². The van der Waals surface area contributed by atoms with E-state index in [9.17, 15) is 4.79 Å². The molecule has 0 saturated carbocycles. The number of nitrogens with zero attached hydrogens (tertiary/aromatic N) is 1. The largest absolute Gasteiger partial charge is 0.466 e. The molecule has 0 atom stereocenters. The van der Waals surface area contributed by atoms with E-state index in [0.29, 0.717) is 11.8 Å². The van der Waals surface area contributed by atoms with E-state index in [1.165, 1.54) is 12.5 Å². The monoisotopic (exact) mass is 228 g/mol. The lowest BCUT2D eigenvalue weighted by Crippen LogP contribution is -2.10. The quantitative estimate of drug-likeness (QED) is 0.574. The normalized spacial score (nSPS) is 15.5. The molecule has 2 N–H and O–H groups in total. The van der Waals surface area contributed by atoms with E-state index in [-0.39, 0.29) is 5.97 Å². The van der Waals surface area contributed by atoms with Crippen molar-refractivity contribution in [2.24, 2.45) is 10.7 Å². The Hall–Kier alpha value is -0.970. The van der Waals surface area contributed by atoms with Gasteiger partial charge in [0.1, 0.15) is 0 Å². The summed E-state index contributed by atoms with van der Waals surface area (Å²) in [6.07, 6.45) is 4.78. The van der Waals surface area contributed by atoms with Gasteiger partial charge in [-0.25, -0.2) is 4.99 Å². The topological polar surface area (TPSA) is 64.7 Å². The molecule has 1 aliphatic heterocycles. The van der Waals surface area contributed by atoms with Crippen LogP contribution in [0.25, 0.3) is 0 Å². The number of rotatable bonds is 5. The lowest BCUT2D eigenvalue weighted by Gasteiger charge is -2.10. The summed E-state index contributed by atoms with van der Waals surface area (Å²) in [4.78, 5) is 14.5. The zero-order valence-electron chi connectivity index (χ0n) is 8.86. The second kappa shape index (κ2) is 6.50. The summed E-state index contributed by atoms with van der Waals surface area (Å²) in [7, 11) is 0. The maximum absolute atomic E-state index is 10.5. The second-order valence-electron chi connectivity index (χ2n) is 3.34. The summed E-state index contributed by atoms with van der Waals surface area (Å²) in [5, 5.41) is 0.638. The van der Waals surface area contributed by atoms with Gasteiger partial charge >= 0.3 is 5.97 Å².